The third-order valence-electron chi connectivity index (χ3n) is 4.22. The molecule has 2 heterocycles. The van der Waals surface area contributed by atoms with Crippen molar-refractivity contribution in [1.29, 1.82) is 0 Å². The summed E-state index contributed by atoms with van der Waals surface area (Å²) in [5.74, 6) is 2.94. The van der Waals surface area contributed by atoms with Crippen LogP contribution < -0.4 is 15.0 Å². The van der Waals surface area contributed by atoms with Crippen LogP contribution in [0.1, 0.15) is 32.3 Å². The molecule has 0 radical (unpaired) electrons. The lowest BCUT2D eigenvalue weighted by Gasteiger charge is -2.16. The molecule has 0 saturated heterocycles. The average Bonchev–Trinajstić information content (AvgIpc) is 2.96. The number of aromatic amines is 1. The highest BCUT2D eigenvalue weighted by Gasteiger charge is 2.27. The van der Waals surface area contributed by atoms with Crippen molar-refractivity contribution < 1.29 is 14.3 Å². The van der Waals surface area contributed by atoms with Crippen LogP contribution in [0.2, 0.25) is 0 Å². The fourth-order valence-electron chi connectivity index (χ4n) is 2.68. The molecule has 2 aromatic heterocycles. The van der Waals surface area contributed by atoms with Crippen LogP contribution in [-0.2, 0) is 4.79 Å². The van der Waals surface area contributed by atoms with Crippen LogP contribution in [0.5, 0.6) is 11.5 Å². The van der Waals surface area contributed by atoms with Gasteiger partial charge in [0.05, 0.1) is 23.9 Å². The smallest absolute Gasteiger partial charge is 0.316 e. The average molecular weight is 379 g/mol. The number of carbonyl (C=O) groups is 1. The molecular weight excluding hydrogens is 358 g/mol. The quantitative estimate of drug-likeness (QED) is 0.558. The molecule has 0 aliphatic heterocycles. The number of H-pyrrole nitrogens is 1. The van der Waals surface area contributed by atoms with E-state index >= 15 is 0 Å². The van der Waals surface area contributed by atoms with Gasteiger partial charge in [0.25, 0.3) is 5.56 Å². The van der Waals surface area contributed by atoms with E-state index in [1.165, 1.54) is 4.57 Å². The van der Waals surface area contributed by atoms with E-state index in [1.54, 1.807) is 59.1 Å². The van der Waals surface area contributed by atoms with Gasteiger partial charge >= 0.3 is 5.97 Å². The minimum Gasteiger partial charge on any atom is -0.497 e. The summed E-state index contributed by atoms with van der Waals surface area (Å²) in [5.41, 5.74) is 0.172. The zero-order valence-corrected chi connectivity index (χ0v) is 16.4. The number of esters is 1. The third kappa shape index (κ3) is 3.25. The Morgan fingerprint density at radius 2 is 1.89 bits per heavy atom. The van der Waals surface area contributed by atoms with E-state index in [9.17, 15) is 9.59 Å². The molecular formula is C21H21N3O4. The van der Waals surface area contributed by atoms with E-state index in [1.807, 2.05) is 0 Å². The molecule has 0 amide bonds. The van der Waals surface area contributed by atoms with Crippen LogP contribution in [0, 0.1) is 24.7 Å². The summed E-state index contributed by atoms with van der Waals surface area (Å²) in [4.78, 5) is 33.0. The first kappa shape index (κ1) is 19.2. The van der Waals surface area contributed by atoms with Gasteiger partial charge in [0, 0.05) is 0 Å². The predicted octanol–water partition coefficient (Wildman–Crippen LogP) is 2.96. The number of nitrogens with zero attached hydrogens (tertiary/aromatic N) is 2. The second-order valence-electron chi connectivity index (χ2n) is 7.36. The van der Waals surface area contributed by atoms with Crippen LogP contribution in [0.15, 0.2) is 29.1 Å². The van der Waals surface area contributed by atoms with Gasteiger partial charge in [-0.05, 0) is 57.9 Å². The number of aromatic nitrogens is 3. The number of carbonyl (C=O) groups excluding carboxylic acids is 1. The minimum absolute atomic E-state index is 0.137. The molecule has 0 fully saturated rings. The van der Waals surface area contributed by atoms with Crippen molar-refractivity contribution in [1.82, 2.24) is 14.5 Å². The number of ether oxygens (including phenoxy) is 2. The summed E-state index contributed by atoms with van der Waals surface area (Å²) in [6, 6.07) is 6.84. The first-order chi connectivity index (χ1) is 13.2. The lowest BCUT2D eigenvalue weighted by Crippen LogP contribution is -2.27. The standard InChI is InChI=1S/C21H21N3O4/c1-7-15-23-18-16(17(12(2)22-18)28-20(26)21(3,4)5)19(25)24(15)13-8-10-14(27-6)11-9-13/h1,8-11,22H,2-6H3. The van der Waals surface area contributed by atoms with Crippen molar-refractivity contribution >= 4 is 17.0 Å². The zero-order chi connectivity index (χ0) is 20.6. The van der Waals surface area contributed by atoms with E-state index in [2.05, 4.69) is 15.9 Å². The number of hydrogen-bond donors (Lipinski definition) is 1. The summed E-state index contributed by atoms with van der Waals surface area (Å²) < 4.78 is 12.0. The largest absolute Gasteiger partial charge is 0.497 e. The van der Waals surface area contributed by atoms with Crippen LogP contribution in [-0.4, -0.2) is 27.6 Å². The molecule has 0 aliphatic rings. The Hall–Kier alpha value is -3.53. The maximum absolute atomic E-state index is 13.3. The second-order valence-corrected chi connectivity index (χ2v) is 7.36. The van der Waals surface area contributed by atoms with E-state index in [-0.39, 0.29) is 22.6 Å². The van der Waals surface area contributed by atoms with Gasteiger partial charge in [0.15, 0.2) is 11.6 Å². The summed E-state index contributed by atoms with van der Waals surface area (Å²) in [5, 5.41) is 0.171. The van der Waals surface area contributed by atoms with Crippen molar-refractivity contribution in [3.05, 3.63) is 46.1 Å². The fraction of sp³-hybridized carbons (Fsp3) is 0.286. The van der Waals surface area contributed by atoms with E-state index in [0.29, 0.717) is 17.1 Å². The van der Waals surface area contributed by atoms with Gasteiger partial charge in [0.1, 0.15) is 16.8 Å². The highest BCUT2D eigenvalue weighted by Crippen LogP contribution is 2.29. The second kappa shape index (κ2) is 6.89. The third-order valence-corrected chi connectivity index (χ3v) is 4.22. The van der Waals surface area contributed by atoms with Crippen LogP contribution in [0.25, 0.3) is 16.7 Å². The molecule has 144 valence electrons. The van der Waals surface area contributed by atoms with Gasteiger partial charge in [-0.15, -0.1) is 6.42 Å². The molecule has 7 heteroatoms. The Morgan fingerprint density at radius 3 is 2.43 bits per heavy atom. The zero-order valence-electron chi connectivity index (χ0n) is 16.4. The van der Waals surface area contributed by atoms with Crippen molar-refractivity contribution in [2.45, 2.75) is 27.7 Å². The van der Waals surface area contributed by atoms with Crippen molar-refractivity contribution in [2.75, 3.05) is 7.11 Å². The van der Waals surface area contributed by atoms with Gasteiger partial charge in [0.2, 0.25) is 0 Å². The molecule has 0 aliphatic carbocycles. The summed E-state index contributed by atoms with van der Waals surface area (Å²) in [6.45, 7) is 6.93. The molecule has 1 aromatic carbocycles. The van der Waals surface area contributed by atoms with Crippen LogP contribution in [0.4, 0.5) is 0 Å². The molecule has 0 saturated carbocycles. The van der Waals surface area contributed by atoms with Crippen LogP contribution >= 0.6 is 0 Å². The summed E-state index contributed by atoms with van der Waals surface area (Å²) in [7, 11) is 1.56. The molecule has 3 aromatic rings. The minimum atomic E-state index is -0.725. The lowest BCUT2D eigenvalue weighted by molar-refractivity contribution is -0.142. The van der Waals surface area contributed by atoms with E-state index < -0.39 is 16.9 Å². The Kier molecular flexibility index (Phi) is 4.73. The molecule has 0 spiro atoms. The van der Waals surface area contributed by atoms with E-state index in [4.69, 9.17) is 15.9 Å². The number of fused-ring (bicyclic) bond motifs is 1. The Morgan fingerprint density at radius 1 is 1.25 bits per heavy atom. The molecule has 0 atom stereocenters. The molecule has 1 N–H and O–H groups in total. The highest BCUT2D eigenvalue weighted by atomic mass is 16.5. The molecule has 28 heavy (non-hydrogen) atoms. The Bertz CT molecular complexity index is 1160. The number of hydrogen-bond acceptors (Lipinski definition) is 5. The van der Waals surface area contributed by atoms with E-state index in [0.717, 1.165) is 0 Å². The maximum Gasteiger partial charge on any atom is 0.316 e. The summed E-state index contributed by atoms with van der Waals surface area (Å²) in [6.07, 6.45) is 5.59. The molecule has 0 bridgehead atoms. The Labute approximate surface area is 162 Å². The first-order valence-electron chi connectivity index (χ1n) is 8.66. The topological polar surface area (TPSA) is 86.2 Å². The van der Waals surface area contributed by atoms with Gasteiger partial charge in [-0.2, -0.15) is 0 Å². The first-order valence-corrected chi connectivity index (χ1v) is 8.66. The van der Waals surface area contributed by atoms with Crippen molar-refractivity contribution in [2.24, 2.45) is 5.41 Å². The fourth-order valence-corrected chi connectivity index (χ4v) is 2.68. The van der Waals surface area contributed by atoms with Gasteiger partial charge in [-0.3, -0.25) is 14.2 Å². The Balaban J connectivity index is 2.26. The van der Waals surface area contributed by atoms with Crippen LogP contribution in [0.3, 0.4) is 0 Å². The molecule has 0 unspecified atom stereocenters. The normalized spacial score (nSPS) is 11.3. The van der Waals surface area contributed by atoms with Gasteiger partial charge in [-0.25, -0.2) is 4.98 Å². The lowest BCUT2D eigenvalue weighted by atomic mass is 9.97. The number of terminal acetylenes is 1. The number of methoxy groups -OCH3 is 1. The maximum atomic E-state index is 13.3. The predicted molar refractivity (Wildman–Crippen MR) is 106 cm³/mol. The highest BCUT2D eigenvalue weighted by molar-refractivity contribution is 5.89. The number of aryl methyl sites for hydroxylation is 1. The van der Waals surface area contributed by atoms with Gasteiger partial charge < -0.3 is 14.5 Å². The van der Waals surface area contributed by atoms with Gasteiger partial charge in [-0.1, -0.05) is 0 Å². The van der Waals surface area contributed by atoms with Crippen molar-refractivity contribution in [3.63, 3.8) is 0 Å². The number of rotatable bonds is 3. The SMILES string of the molecule is C#Cc1nc2[nH]c(C)c(OC(=O)C(C)(C)C)c2c(=O)n1-c1ccc(OC)cc1. The van der Waals surface area contributed by atoms with Crippen molar-refractivity contribution in [3.8, 4) is 29.5 Å². The number of nitrogens with one attached hydrogen (secondary N) is 1. The number of benzene rings is 1. The molecule has 7 nitrogen and oxygen atoms in total. The molecule has 3 rings (SSSR count). The monoisotopic (exact) mass is 379 g/mol. The summed E-state index contributed by atoms with van der Waals surface area (Å²) >= 11 is 0.